The molecule has 0 aromatic heterocycles. The van der Waals surface area contributed by atoms with Crippen molar-refractivity contribution < 1.29 is 32.4 Å². The first-order valence-electron chi connectivity index (χ1n) is 15.4. The van der Waals surface area contributed by atoms with Crippen LogP contribution in [0.2, 0.25) is 0 Å². The zero-order valence-corrected chi connectivity index (χ0v) is 22.8. The van der Waals surface area contributed by atoms with Crippen molar-refractivity contribution in [2.24, 2.45) is 29.6 Å². The molecule has 8 rings (SSSR count). The Labute approximate surface area is 229 Å². The number of rotatable bonds is 6. The Bertz CT molecular complexity index is 970. The van der Waals surface area contributed by atoms with E-state index in [2.05, 4.69) is 17.0 Å². The van der Waals surface area contributed by atoms with Gasteiger partial charge in [-0.3, -0.25) is 0 Å². The highest BCUT2D eigenvalue weighted by atomic mass is 19.4. The lowest BCUT2D eigenvalue weighted by atomic mass is 9.53. The molecule has 2 spiro atoms. The Hall–Kier alpha value is -1.35. The Kier molecular flexibility index (Phi) is 6.93. The zero-order chi connectivity index (χ0) is 26.7. The predicted octanol–water partition coefficient (Wildman–Crippen LogP) is 7.21. The summed E-state index contributed by atoms with van der Waals surface area (Å²) in [7, 11) is 0. The maximum Gasteiger partial charge on any atom is 0.391 e. The molecule has 2 saturated heterocycles. The van der Waals surface area contributed by atoms with Gasteiger partial charge in [0.1, 0.15) is 5.75 Å². The van der Waals surface area contributed by atoms with Gasteiger partial charge in [0, 0.05) is 31.2 Å². The van der Waals surface area contributed by atoms with Gasteiger partial charge in [-0.15, -0.1) is 0 Å². The molecule has 5 aliphatic carbocycles. The second-order valence-electron chi connectivity index (χ2n) is 13.4. The maximum atomic E-state index is 12.8. The highest BCUT2D eigenvalue weighted by Crippen LogP contribution is 2.64. The summed E-state index contributed by atoms with van der Waals surface area (Å²) in [6.45, 7) is 2.40. The summed E-state index contributed by atoms with van der Waals surface area (Å²) in [4.78, 5) is 14.4. The largest absolute Gasteiger partial charge is 0.494 e. The summed E-state index contributed by atoms with van der Waals surface area (Å²) in [6.07, 6.45) is 7.32. The van der Waals surface area contributed by atoms with Crippen molar-refractivity contribution >= 4 is 0 Å². The van der Waals surface area contributed by atoms with E-state index in [1.807, 2.05) is 12.1 Å². The number of halogens is 3. The lowest BCUT2D eigenvalue weighted by Gasteiger charge is -2.57. The van der Waals surface area contributed by atoms with Gasteiger partial charge in [-0.1, -0.05) is 12.1 Å². The summed E-state index contributed by atoms with van der Waals surface area (Å²) in [6, 6.07) is 8.44. The average molecular weight is 550 g/mol. The van der Waals surface area contributed by atoms with Crippen molar-refractivity contribution in [2.75, 3.05) is 26.2 Å². The van der Waals surface area contributed by atoms with Gasteiger partial charge in [0.15, 0.2) is 0 Å². The number of nitrogens with zero attached hydrogens (tertiary/aromatic N) is 1. The van der Waals surface area contributed by atoms with E-state index in [1.54, 1.807) is 0 Å². The number of hydrogen-bond donors (Lipinski definition) is 0. The molecule has 7 fully saturated rings. The zero-order valence-electron chi connectivity index (χ0n) is 22.8. The molecule has 0 unspecified atom stereocenters. The Morgan fingerprint density at radius 3 is 2.10 bits per heavy atom. The van der Waals surface area contributed by atoms with E-state index >= 15 is 0 Å². The first kappa shape index (κ1) is 26.5. The Balaban J connectivity index is 0.853. The van der Waals surface area contributed by atoms with Crippen LogP contribution in [0.3, 0.4) is 0 Å². The van der Waals surface area contributed by atoms with E-state index in [1.165, 1.54) is 37.7 Å². The van der Waals surface area contributed by atoms with Crippen LogP contribution in [0.25, 0.3) is 0 Å². The fraction of sp³-hybridized carbons (Fsp3) is 0.806. The molecule has 5 nitrogen and oxygen atoms in total. The van der Waals surface area contributed by atoms with E-state index in [9.17, 15) is 13.2 Å². The number of hydrogen-bond acceptors (Lipinski definition) is 5. The van der Waals surface area contributed by atoms with E-state index in [0.717, 1.165) is 56.2 Å². The predicted molar refractivity (Wildman–Crippen MR) is 139 cm³/mol. The van der Waals surface area contributed by atoms with Gasteiger partial charge in [0.2, 0.25) is 11.6 Å². The van der Waals surface area contributed by atoms with Gasteiger partial charge in [-0.25, -0.2) is 0 Å². The summed E-state index contributed by atoms with van der Waals surface area (Å²) < 4.78 is 51.3. The molecule has 0 radical (unpaired) electrons. The number of piperidine rings is 1. The van der Waals surface area contributed by atoms with Crippen molar-refractivity contribution in [3.63, 3.8) is 0 Å². The average Bonchev–Trinajstić information content (AvgIpc) is 3.30. The minimum atomic E-state index is -4.05. The second-order valence-corrected chi connectivity index (χ2v) is 13.4. The number of alkyl halides is 3. The van der Waals surface area contributed by atoms with Gasteiger partial charge < -0.3 is 14.4 Å². The molecule has 2 heterocycles. The lowest BCUT2D eigenvalue weighted by Crippen LogP contribution is -2.59. The van der Waals surface area contributed by atoms with E-state index in [-0.39, 0.29) is 12.8 Å². The van der Waals surface area contributed by atoms with Crippen molar-refractivity contribution in [3.8, 4) is 5.75 Å². The first-order valence-corrected chi connectivity index (χ1v) is 15.4. The van der Waals surface area contributed by atoms with Crippen LogP contribution in [0, 0.1) is 29.6 Å². The molecule has 1 aromatic carbocycles. The molecule has 7 aliphatic rings. The van der Waals surface area contributed by atoms with Crippen LogP contribution < -0.4 is 4.74 Å². The van der Waals surface area contributed by atoms with Crippen molar-refractivity contribution in [2.45, 2.75) is 101 Å². The van der Waals surface area contributed by atoms with Crippen LogP contribution in [0.5, 0.6) is 5.75 Å². The quantitative estimate of drug-likeness (QED) is 0.277. The summed E-state index contributed by atoms with van der Waals surface area (Å²) in [5, 5.41) is 0. The summed E-state index contributed by atoms with van der Waals surface area (Å²) in [5.74, 6) is 1.87. The monoisotopic (exact) mass is 549 g/mol. The molecular weight excluding hydrogens is 507 g/mol. The minimum absolute atomic E-state index is 0.210. The molecule has 4 bridgehead atoms. The van der Waals surface area contributed by atoms with Crippen LogP contribution in [-0.2, 0) is 14.5 Å². The molecule has 5 saturated carbocycles. The molecule has 1 aromatic rings. The van der Waals surface area contributed by atoms with Crippen LogP contribution in [0.4, 0.5) is 13.2 Å². The highest BCUT2D eigenvalue weighted by Gasteiger charge is 2.66. The third-order valence-electron chi connectivity index (χ3n) is 11.0. The molecule has 0 N–H and O–H groups in total. The number of likely N-dealkylation sites (tertiary alicyclic amines) is 1. The van der Waals surface area contributed by atoms with Gasteiger partial charge in [0.05, 0.1) is 12.5 Å². The highest BCUT2D eigenvalue weighted by molar-refractivity contribution is 5.30. The third-order valence-corrected chi connectivity index (χ3v) is 11.0. The molecule has 39 heavy (non-hydrogen) atoms. The van der Waals surface area contributed by atoms with Crippen LogP contribution >= 0.6 is 0 Å². The smallest absolute Gasteiger partial charge is 0.391 e. The molecule has 0 atom stereocenters. The fourth-order valence-corrected chi connectivity index (χ4v) is 8.98. The molecule has 2 aliphatic heterocycles. The van der Waals surface area contributed by atoms with Gasteiger partial charge >= 0.3 is 6.18 Å². The van der Waals surface area contributed by atoms with Gasteiger partial charge in [0.25, 0.3) is 0 Å². The van der Waals surface area contributed by atoms with E-state index in [4.69, 9.17) is 19.2 Å². The van der Waals surface area contributed by atoms with Crippen LogP contribution in [0.15, 0.2) is 24.3 Å². The Morgan fingerprint density at radius 2 is 1.49 bits per heavy atom. The minimum Gasteiger partial charge on any atom is -0.494 e. The molecule has 0 amide bonds. The van der Waals surface area contributed by atoms with Crippen LogP contribution in [-0.4, -0.2) is 48.9 Å². The normalized spacial score (nSPS) is 40.6. The van der Waals surface area contributed by atoms with Gasteiger partial charge in [-0.05, 0) is 113 Å². The summed E-state index contributed by atoms with van der Waals surface area (Å²) >= 11 is 0. The second kappa shape index (κ2) is 10.2. The fourth-order valence-electron chi connectivity index (χ4n) is 8.98. The Morgan fingerprint density at radius 1 is 0.846 bits per heavy atom. The lowest BCUT2D eigenvalue weighted by molar-refractivity contribution is -0.390. The summed E-state index contributed by atoms with van der Waals surface area (Å²) in [5.41, 5.74) is 1.33. The van der Waals surface area contributed by atoms with E-state index in [0.29, 0.717) is 37.5 Å². The first-order chi connectivity index (χ1) is 18.8. The van der Waals surface area contributed by atoms with Gasteiger partial charge in [-0.2, -0.15) is 22.9 Å². The maximum absolute atomic E-state index is 12.8. The SMILES string of the molecule is FC(F)(F)C1CCN(CCCOc2ccc(C3CCC4(CC3)OOC3(O4)C4CC5CC(C4)CC3C5)cc2)CC1. The van der Waals surface area contributed by atoms with Crippen molar-refractivity contribution in [1.29, 1.82) is 0 Å². The van der Waals surface area contributed by atoms with E-state index < -0.39 is 23.7 Å². The number of ether oxygens (including phenoxy) is 2. The van der Waals surface area contributed by atoms with Crippen molar-refractivity contribution in [3.05, 3.63) is 29.8 Å². The standard InChI is InChI=1S/C31H42F3NO4/c32-31(33,34)25-8-13-35(14-9-25)12-1-15-36-28-4-2-23(3-5-28)24-6-10-29(11-7-24)37-30(39-38-29)26-17-21-16-22(19-26)20-27(30)18-21/h2-5,21-22,24-27H,1,6-20H2. The van der Waals surface area contributed by atoms with Crippen molar-refractivity contribution in [1.82, 2.24) is 4.90 Å². The third kappa shape index (κ3) is 5.13. The molecular formula is C31H42F3NO4. The topological polar surface area (TPSA) is 40.2 Å². The molecule has 216 valence electrons. The van der Waals surface area contributed by atoms with Crippen LogP contribution in [0.1, 0.15) is 88.5 Å². The molecule has 8 heteroatoms. The number of benzene rings is 1.